The number of hydrogen-bond donors (Lipinski definition) is 2. The van der Waals surface area contributed by atoms with Gasteiger partial charge in [-0.15, -0.1) is 0 Å². The molecular formula is C24H23Cl2N5. The quantitative estimate of drug-likeness (QED) is 0.369. The van der Waals surface area contributed by atoms with Gasteiger partial charge in [0, 0.05) is 28.8 Å². The minimum atomic E-state index is 0.525. The highest BCUT2D eigenvalue weighted by Gasteiger charge is 2.13. The molecule has 1 aliphatic rings. The first-order valence-electron chi connectivity index (χ1n) is 10.5. The molecule has 1 aliphatic heterocycles. The van der Waals surface area contributed by atoms with Gasteiger partial charge in [0.25, 0.3) is 0 Å². The summed E-state index contributed by atoms with van der Waals surface area (Å²) < 4.78 is 0. The molecule has 158 valence electrons. The monoisotopic (exact) mass is 451 g/mol. The predicted octanol–water partition coefficient (Wildman–Crippen LogP) is 6.14. The van der Waals surface area contributed by atoms with E-state index in [1.807, 2.05) is 6.07 Å². The molecule has 0 saturated carbocycles. The summed E-state index contributed by atoms with van der Waals surface area (Å²) in [4.78, 5) is 14.8. The van der Waals surface area contributed by atoms with E-state index in [2.05, 4.69) is 55.5 Å². The van der Waals surface area contributed by atoms with E-state index >= 15 is 0 Å². The number of likely N-dealkylation sites (tertiary alicyclic amines) is 1. The van der Waals surface area contributed by atoms with Crippen molar-refractivity contribution < 1.29 is 0 Å². The maximum atomic E-state index is 6.29. The van der Waals surface area contributed by atoms with Crippen molar-refractivity contribution in [3.05, 3.63) is 76.0 Å². The van der Waals surface area contributed by atoms with E-state index in [-0.39, 0.29) is 0 Å². The summed E-state index contributed by atoms with van der Waals surface area (Å²) >= 11 is 12.4. The normalized spacial score (nSPS) is 14.4. The summed E-state index contributed by atoms with van der Waals surface area (Å²) in [7, 11) is 0. The number of anilines is 1. The van der Waals surface area contributed by atoms with E-state index < -0.39 is 0 Å². The molecule has 31 heavy (non-hydrogen) atoms. The third kappa shape index (κ3) is 4.54. The van der Waals surface area contributed by atoms with Crippen LogP contribution in [0, 0.1) is 0 Å². The van der Waals surface area contributed by atoms with Gasteiger partial charge in [-0.1, -0.05) is 47.5 Å². The summed E-state index contributed by atoms with van der Waals surface area (Å²) in [6.07, 6.45) is 4.19. The van der Waals surface area contributed by atoms with Crippen LogP contribution in [0.1, 0.15) is 24.0 Å². The smallest absolute Gasteiger partial charge is 0.143 e. The summed E-state index contributed by atoms with van der Waals surface area (Å²) in [6.45, 7) is 3.97. The van der Waals surface area contributed by atoms with Crippen LogP contribution in [-0.2, 0) is 13.1 Å². The number of fused-ring (bicyclic) bond motifs is 1. The van der Waals surface area contributed by atoms with Crippen molar-refractivity contribution in [1.29, 1.82) is 0 Å². The molecular weight excluding hydrogens is 429 g/mol. The van der Waals surface area contributed by atoms with E-state index in [1.54, 1.807) is 18.5 Å². The number of rotatable bonds is 6. The zero-order valence-corrected chi connectivity index (χ0v) is 18.5. The van der Waals surface area contributed by atoms with Gasteiger partial charge >= 0.3 is 0 Å². The van der Waals surface area contributed by atoms with Crippen LogP contribution in [0.2, 0.25) is 10.0 Å². The average molecular weight is 452 g/mol. The minimum absolute atomic E-state index is 0.525. The SMILES string of the molecule is Clc1ccc(Cl)c(CNc2ncnc3[nH]c(-c4ccc(CN5CCCC5)cc4)cc23)c1. The minimum Gasteiger partial charge on any atom is -0.365 e. The Morgan fingerprint density at radius 3 is 2.58 bits per heavy atom. The number of halogens is 2. The number of nitrogens with one attached hydrogen (secondary N) is 2. The number of benzene rings is 2. The zero-order valence-electron chi connectivity index (χ0n) is 17.0. The Labute approximate surface area is 191 Å². The molecule has 1 saturated heterocycles. The summed E-state index contributed by atoms with van der Waals surface area (Å²) in [5, 5.41) is 5.64. The lowest BCUT2D eigenvalue weighted by Crippen LogP contribution is -2.18. The molecule has 4 aromatic rings. The number of aromatic nitrogens is 3. The first-order chi connectivity index (χ1) is 15.2. The Morgan fingerprint density at radius 2 is 1.77 bits per heavy atom. The van der Waals surface area contributed by atoms with Crippen LogP contribution < -0.4 is 5.32 Å². The van der Waals surface area contributed by atoms with Crippen molar-refractivity contribution in [1.82, 2.24) is 19.9 Å². The van der Waals surface area contributed by atoms with Gasteiger partial charge in [0.05, 0.1) is 5.39 Å². The molecule has 0 unspecified atom stereocenters. The van der Waals surface area contributed by atoms with Crippen LogP contribution in [-0.4, -0.2) is 32.9 Å². The highest BCUT2D eigenvalue weighted by molar-refractivity contribution is 6.33. The largest absolute Gasteiger partial charge is 0.365 e. The van der Waals surface area contributed by atoms with E-state index in [0.29, 0.717) is 16.6 Å². The van der Waals surface area contributed by atoms with Gasteiger partial charge < -0.3 is 10.3 Å². The molecule has 0 radical (unpaired) electrons. The van der Waals surface area contributed by atoms with Crippen molar-refractivity contribution in [2.24, 2.45) is 0 Å². The van der Waals surface area contributed by atoms with E-state index in [9.17, 15) is 0 Å². The molecule has 0 aliphatic carbocycles. The number of nitrogens with zero attached hydrogens (tertiary/aromatic N) is 3. The van der Waals surface area contributed by atoms with E-state index in [4.69, 9.17) is 23.2 Å². The Balaban J connectivity index is 1.36. The first-order valence-corrected chi connectivity index (χ1v) is 11.2. The van der Waals surface area contributed by atoms with Crippen molar-refractivity contribution in [3.63, 3.8) is 0 Å². The Bertz CT molecular complexity index is 1200. The van der Waals surface area contributed by atoms with Crippen molar-refractivity contribution in [2.45, 2.75) is 25.9 Å². The molecule has 1 fully saturated rings. The second-order valence-corrected chi connectivity index (χ2v) is 8.78. The number of hydrogen-bond acceptors (Lipinski definition) is 4. The third-order valence-electron chi connectivity index (χ3n) is 5.75. The highest BCUT2D eigenvalue weighted by Crippen LogP contribution is 2.28. The third-order valence-corrected chi connectivity index (χ3v) is 6.35. The fourth-order valence-corrected chi connectivity index (χ4v) is 4.46. The topological polar surface area (TPSA) is 56.8 Å². The predicted molar refractivity (Wildman–Crippen MR) is 128 cm³/mol. The lowest BCUT2D eigenvalue weighted by molar-refractivity contribution is 0.331. The van der Waals surface area contributed by atoms with Gasteiger partial charge in [0.2, 0.25) is 0 Å². The molecule has 3 heterocycles. The molecule has 5 nitrogen and oxygen atoms in total. The van der Waals surface area contributed by atoms with E-state index in [1.165, 1.54) is 31.5 Å². The van der Waals surface area contributed by atoms with Crippen LogP contribution in [0.15, 0.2) is 54.9 Å². The van der Waals surface area contributed by atoms with Gasteiger partial charge in [0.15, 0.2) is 0 Å². The second-order valence-electron chi connectivity index (χ2n) is 7.94. The number of H-pyrrole nitrogens is 1. The maximum Gasteiger partial charge on any atom is 0.143 e. The van der Waals surface area contributed by atoms with Crippen LogP contribution in [0.5, 0.6) is 0 Å². The van der Waals surface area contributed by atoms with Crippen molar-refractivity contribution in [2.75, 3.05) is 18.4 Å². The Kier molecular flexibility index (Phi) is 5.81. The highest BCUT2D eigenvalue weighted by atomic mass is 35.5. The van der Waals surface area contributed by atoms with Crippen LogP contribution in [0.4, 0.5) is 5.82 Å². The zero-order chi connectivity index (χ0) is 21.2. The van der Waals surface area contributed by atoms with E-state index in [0.717, 1.165) is 40.2 Å². The lowest BCUT2D eigenvalue weighted by Gasteiger charge is -2.14. The molecule has 0 atom stereocenters. The fraction of sp³-hybridized carbons (Fsp3) is 0.250. The molecule has 2 aromatic carbocycles. The lowest BCUT2D eigenvalue weighted by atomic mass is 10.1. The molecule has 2 aromatic heterocycles. The van der Waals surface area contributed by atoms with Crippen LogP contribution in [0.3, 0.4) is 0 Å². The Morgan fingerprint density at radius 1 is 0.968 bits per heavy atom. The molecule has 2 N–H and O–H groups in total. The van der Waals surface area contributed by atoms with Crippen molar-refractivity contribution in [3.8, 4) is 11.3 Å². The molecule has 0 amide bonds. The Hall–Kier alpha value is -2.60. The summed E-state index contributed by atoms with van der Waals surface area (Å²) in [5.74, 6) is 0.759. The van der Waals surface area contributed by atoms with Gasteiger partial charge in [-0.2, -0.15) is 0 Å². The average Bonchev–Trinajstić information content (AvgIpc) is 3.45. The second kappa shape index (κ2) is 8.87. The summed E-state index contributed by atoms with van der Waals surface area (Å²) in [6, 6.07) is 16.3. The first kappa shape index (κ1) is 20.3. The molecule has 0 bridgehead atoms. The van der Waals surface area contributed by atoms with Gasteiger partial charge in [0.1, 0.15) is 17.8 Å². The van der Waals surface area contributed by atoms with Gasteiger partial charge in [-0.25, -0.2) is 9.97 Å². The molecule has 7 heteroatoms. The molecule has 0 spiro atoms. The van der Waals surface area contributed by atoms with Crippen LogP contribution >= 0.6 is 23.2 Å². The molecule has 5 rings (SSSR count). The standard InChI is InChI=1S/C24H23Cl2N5/c25-19-7-8-21(26)18(11-19)13-27-23-20-12-22(30-24(20)29-15-28-23)17-5-3-16(4-6-17)14-31-9-1-2-10-31/h3-8,11-12,15H,1-2,9-10,13-14H2,(H2,27,28,29,30). The number of aromatic amines is 1. The summed E-state index contributed by atoms with van der Waals surface area (Å²) in [5.41, 5.74) is 5.22. The van der Waals surface area contributed by atoms with Crippen molar-refractivity contribution >= 4 is 40.1 Å². The fourth-order valence-electron chi connectivity index (χ4n) is 4.08. The van der Waals surface area contributed by atoms with Gasteiger partial charge in [-0.05, 0) is 66.9 Å². The van der Waals surface area contributed by atoms with Crippen LogP contribution in [0.25, 0.3) is 22.3 Å². The van der Waals surface area contributed by atoms with Gasteiger partial charge in [-0.3, -0.25) is 4.90 Å². The maximum absolute atomic E-state index is 6.29.